The number of ether oxygens (including phenoxy) is 1. The molecule has 2 aliphatic rings. The minimum Gasteiger partial charge on any atom is -0.497 e. The number of rotatable bonds is 4. The number of amides is 2. The number of hydrogen-bond acceptors (Lipinski definition) is 2. The van der Waals surface area contributed by atoms with Gasteiger partial charge in [-0.05, 0) is 43.4 Å². The number of hydrogen-bond donors (Lipinski definition) is 2. The molecule has 2 amide bonds. The van der Waals surface area contributed by atoms with Gasteiger partial charge in [-0.25, -0.2) is 4.79 Å². The molecule has 0 aromatic heterocycles. The fourth-order valence-corrected chi connectivity index (χ4v) is 3.38. The van der Waals surface area contributed by atoms with E-state index in [0.717, 1.165) is 31.4 Å². The summed E-state index contributed by atoms with van der Waals surface area (Å²) in [5.41, 5.74) is 1.01. The lowest BCUT2D eigenvalue weighted by Gasteiger charge is -2.22. The third-order valence-corrected chi connectivity index (χ3v) is 4.94. The molecule has 2 fully saturated rings. The molecule has 2 N–H and O–H groups in total. The summed E-state index contributed by atoms with van der Waals surface area (Å²) in [7, 11) is 1.67. The summed E-state index contributed by atoms with van der Waals surface area (Å²) in [5.74, 6) is 0.849. The highest BCUT2D eigenvalue weighted by molar-refractivity contribution is 5.76. The van der Waals surface area contributed by atoms with Gasteiger partial charge in [-0.2, -0.15) is 0 Å². The van der Waals surface area contributed by atoms with E-state index in [-0.39, 0.29) is 11.6 Å². The normalized spacial score (nSPS) is 20.8. The van der Waals surface area contributed by atoms with E-state index < -0.39 is 0 Å². The highest BCUT2D eigenvalue weighted by atomic mass is 16.5. The molecule has 2 aliphatic carbocycles. The molecule has 120 valence electrons. The average molecular weight is 302 g/mol. The van der Waals surface area contributed by atoms with Crippen LogP contribution in [0.2, 0.25) is 0 Å². The highest BCUT2D eigenvalue weighted by Gasteiger charge is 2.45. The maximum Gasteiger partial charge on any atom is 0.315 e. The number of carbonyl (C=O) groups excluding carboxylic acids is 1. The first-order valence-corrected chi connectivity index (χ1v) is 8.45. The lowest BCUT2D eigenvalue weighted by molar-refractivity contribution is 0.230. The van der Waals surface area contributed by atoms with Crippen molar-refractivity contribution in [2.24, 2.45) is 0 Å². The van der Waals surface area contributed by atoms with Crippen molar-refractivity contribution in [1.82, 2.24) is 10.6 Å². The second kappa shape index (κ2) is 6.59. The molecule has 0 spiro atoms. The van der Waals surface area contributed by atoms with Gasteiger partial charge in [-0.1, -0.05) is 37.8 Å². The van der Waals surface area contributed by atoms with Crippen LogP contribution in [0.5, 0.6) is 5.75 Å². The van der Waals surface area contributed by atoms with E-state index in [2.05, 4.69) is 22.8 Å². The van der Waals surface area contributed by atoms with Crippen LogP contribution < -0.4 is 15.4 Å². The average Bonchev–Trinajstić information content (AvgIpc) is 3.33. The van der Waals surface area contributed by atoms with Gasteiger partial charge < -0.3 is 15.4 Å². The lowest BCUT2D eigenvalue weighted by atomic mass is 10.0. The van der Waals surface area contributed by atoms with Crippen LogP contribution in [0.25, 0.3) is 0 Å². The molecule has 1 aromatic carbocycles. The van der Waals surface area contributed by atoms with Crippen molar-refractivity contribution in [2.45, 2.75) is 62.9 Å². The molecule has 0 atom stereocenters. The Labute approximate surface area is 132 Å². The number of nitrogens with one attached hydrogen (secondary N) is 2. The minimum atomic E-state index is -0.166. The Balaban J connectivity index is 1.57. The van der Waals surface area contributed by atoms with E-state index in [1.54, 1.807) is 7.11 Å². The maximum absolute atomic E-state index is 12.3. The molecular formula is C18H26N2O2. The number of benzene rings is 1. The first kappa shape index (κ1) is 15.2. The van der Waals surface area contributed by atoms with Crippen molar-refractivity contribution >= 4 is 6.03 Å². The summed E-state index contributed by atoms with van der Waals surface area (Å²) in [5, 5.41) is 6.37. The molecule has 0 aliphatic heterocycles. The predicted molar refractivity (Wildman–Crippen MR) is 87.1 cm³/mol. The summed E-state index contributed by atoms with van der Waals surface area (Å²) < 4.78 is 5.20. The van der Waals surface area contributed by atoms with Crippen LogP contribution >= 0.6 is 0 Å². The number of urea groups is 1. The Bertz CT molecular complexity index is 500. The molecule has 0 unspecified atom stereocenters. The van der Waals surface area contributed by atoms with Gasteiger partial charge in [0.05, 0.1) is 12.6 Å². The fourth-order valence-electron chi connectivity index (χ4n) is 3.38. The molecule has 0 saturated heterocycles. The number of methoxy groups -OCH3 is 1. The number of carbonyl (C=O) groups is 1. The van der Waals surface area contributed by atoms with Gasteiger partial charge in [0.15, 0.2) is 0 Å². The van der Waals surface area contributed by atoms with Crippen LogP contribution in [0.3, 0.4) is 0 Å². The quantitative estimate of drug-likeness (QED) is 0.833. The molecule has 4 nitrogen and oxygen atoms in total. The molecular weight excluding hydrogens is 276 g/mol. The van der Waals surface area contributed by atoms with E-state index >= 15 is 0 Å². The summed E-state index contributed by atoms with van der Waals surface area (Å²) >= 11 is 0. The van der Waals surface area contributed by atoms with Crippen molar-refractivity contribution in [3.63, 3.8) is 0 Å². The summed E-state index contributed by atoms with van der Waals surface area (Å²) in [6.07, 6.45) is 9.31. The lowest BCUT2D eigenvalue weighted by Crippen LogP contribution is -2.46. The Hall–Kier alpha value is -1.71. The first-order valence-electron chi connectivity index (χ1n) is 8.45. The third-order valence-electron chi connectivity index (χ3n) is 4.94. The van der Waals surface area contributed by atoms with Gasteiger partial charge >= 0.3 is 6.03 Å². The van der Waals surface area contributed by atoms with Crippen LogP contribution in [0, 0.1) is 0 Å². The molecule has 0 heterocycles. The first-order chi connectivity index (χ1) is 10.7. The SMILES string of the molecule is COc1ccc(C2(NC(=O)NC3CCCCCC3)CC2)cc1. The van der Waals surface area contributed by atoms with Crippen LogP contribution in [-0.2, 0) is 5.54 Å². The topological polar surface area (TPSA) is 50.4 Å². The Morgan fingerprint density at radius 1 is 1.09 bits per heavy atom. The Morgan fingerprint density at radius 2 is 1.73 bits per heavy atom. The molecule has 0 bridgehead atoms. The fraction of sp³-hybridized carbons (Fsp3) is 0.611. The van der Waals surface area contributed by atoms with E-state index in [4.69, 9.17) is 4.74 Å². The zero-order valence-corrected chi connectivity index (χ0v) is 13.4. The van der Waals surface area contributed by atoms with Gasteiger partial charge in [0.25, 0.3) is 0 Å². The van der Waals surface area contributed by atoms with Crippen LogP contribution in [0.1, 0.15) is 56.9 Å². The van der Waals surface area contributed by atoms with Crippen LogP contribution in [0.15, 0.2) is 24.3 Å². The molecule has 2 saturated carbocycles. The standard InChI is InChI=1S/C18H26N2O2/c1-22-16-10-8-14(9-11-16)18(12-13-18)20-17(21)19-15-6-4-2-3-5-7-15/h8-11,15H,2-7,12-13H2,1H3,(H2,19,20,21). The molecule has 4 heteroatoms. The Morgan fingerprint density at radius 3 is 2.27 bits per heavy atom. The molecule has 0 radical (unpaired) electrons. The highest BCUT2D eigenvalue weighted by Crippen LogP contribution is 2.45. The molecule has 3 rings (SSSR count). The van der Waals surface area contributed by atoms with Crippen molar-refractivity contribution in [1.29, 1.82) is 0 Å². The Kier molecular flexibility index (Phi) is 4.55. The smallest absolute Gasteiger partial charge is 0.315 e. The second-order valence-corrected chi connectivity index (χ2v) is 6.60. The van der Waals surface area contributed by atoms with E-state index in [1.807, 2.05) is 12.1 Å². The monoisotopic (exact) mass is 302 g/mol. The third kappa shape index (κ3) is 3.54. The molecule has 1 aromatic rings. The van der Waals surface area contributed by atoms with Crippen molar-refractivity contribution in [3.05, 3.63) is 29.8 Å². The van der Waals surface area contributed by atoms with E-state index in [0.29, 0.717) is 6.04 Å². The zero-order chi connectivity index (χ0) is 15.4. The maximum atomic E-state index is 12.3. The van der Waals surface area contributed by atoms with Crippen LogP contribution in [0.4, 0.5) is 4.79 Å². The van der Waals surface area contributed by atoms with Gasteiger partial charge in [0.2, 0.25) is 0 Å². The van der Waals surface area contributed by atoms with Crippen molar-refractivity contribution in [2.75, 3.05) is 7.11 Å². The summed E-state index contributed by atoms with van der Waals surface area (Å²) in [4.78, 5) is 12.3. The second-order valence-electron chi connectivity index (χ2n) is 6.60. The van der Waals surface area contributed by atoms with Gasteiger partial charge in [-0.15, -0.1) is 0 Å². The zero-order valence-electron chi connectivity index (χ0n) is 13.4. The summed E-state index contributed by atoms with van der Waals surface area (Å²) in [6.45, 7) is 0. The van der Waals surface area contributed by atoms with E-state index in [1.165, 1.54) is 31.2 Å². The van der Waals surface area contributed by atoms with Gasteiger partial charge in [0, 0.05) is 6.04 Å². The van der Waals surface area contributed by atoms with Crippen molar-refractivity contribution in [3.8, 4) is 5.75 Å². The van der Waals surface area contributed by atoms with Crippen LogP contribution in [-0.4, -0.2) is 19.2 Å². The molecule has 22 heavy (non-hydrogen) atoms. The van der Waals surface area contributed by atoms with Crippen molar-refractivity contribution < 1.29 is 9.53 Å². The summed E-state index contributed by atoms with van der Waals surface area (Å²) in [6, 6.07) is 8.35. The van der Waals surface area contributed by atoms with Gasteiger partial charge in [0.1, 0.15) is 5.75 Å². The van der Waals surface area contributed by atoms with E-state index in [9.17, 15) is 4.79 Å². The predicted octanol–water partition coefficient (Wildman–Crippen LogP) is 3.71. The largest absolute Gasteiger partial charge is 0.497 e. The minimum absolute atomic E-state index is 0.0137. The van der Waals surface area contributed by atoms with Gasteiger partial charge in [-0.3, -0.25) is 0 Å².